The van der Waals surface area contributed by atoms with E-state index in [-0.39, 0.29) is 5.41 Å². The van der Waals surface area contributed by atoms with E-state index in [0.717, 1.165) is 10.9 Å². The molecule has 0 unspecified atom stereocenters. The van der Waals surface area contributed by atoms with Crippen LogP contribution in [0, 0.1) is 0 Å². The van der Waals surface area contributed by atoms with Crippen molar-refractivity contribution in [2.45, 2.75) is 11.8 Å². The first kappa shape index (κ1) is 23.9. The fraction of sp³-hybridized carbons (Fsp3) is 0.0526. The molecule has 0 heterocycles. The van der Waals surface area contributed by atoms with Crippen molar-refractivity contribution in [2.75, 3.05) is 0 Å². The SMILES string of the molecule is Brc1cccc(-c2ccc(Cc3ccc4c(c3)C(c3ccccc3)(c3ccccc3)c3ccccc3-4)cc2)c1. The molecule has 0 spiro atoms. The Kier molecular flexibility index (Phi) is 6.02. The molecule has 0 amide bonds. The molecule has 1 aliphatic carbocycles. The Bertz CT molecular complexity index is 1730. The molecule has 0 aromatic heterocycles. The molecule has 0 nitrogen and oxygen atoms in total. The van der Waals surface area contributed by atoms with Crippen LogP contribution in [0.25, 0.3) is 22.3 Å². The minimum atomic E-state index is -0.352. The second-order valence-corrected chi connectivity index (χ2v) is 11.2. The molecule has 0 N–H and O–H groups in total. The third kappa shape index (κ3) is 4.06. The quantitative estimate of drug-likeness (QED) is 0.196. The van der Waals surface area contributed by atoms with E-state index >= 15 is 0 Å². The summed E-state index contributed by atoms with van der Waals surface area (Å²) in [6, 6.07) is 55.5. The molecule has 6 aromatic rings. The summed E-state index contributed by atoms with van der Waals surface area (Å²) < 4.78 is 1.10. The van der Waals surface area contributed by atoms with Crippen LogP contribution in [0.2, 0.25) is 0 Å². The third-order valence-electron chi connectivity index (χ3n) is 8.04. The van der Waals surface area contributed by atoms with Gasteiger partial charge in [0.2, 0.25) is 0 Å². The van der Waals surface area contributed by atoms with Gasteiger partial charge in [-0.15, -0.1) is 0 Å². The van der Waals surface area contributed by atoms with Crippen LogP contribution < -0.4 is 0 Å². The van der Waals surface area contributed by atoms with Crippen LogP contribution in [-0.2, 0) is 11.8 Å². The second kappa shape index (κ2) is 9.84. The highest BCUT2D eigenvalue weighted by Gasteiger charge is 2.45. The molecule has 6 aromatic carbocycles. The molecule has 1 heteroatoms. The molecule has 0 saturated carbocycles. The fourth-order valence-corrected chi connectivity index (χ4v) is 6.72. The Hall–Kier alpha value is -4.20. The molecule has 0 saturated heterocycles. The zero-order chi connectivity index (χ0) is 26.2. The van der Waals surface area contributed by atoms with Crippen LogP contribution in [0.1, 0.15) is 33.4 Å². The van der Waals surface area contributed by atoms with Crippen molar-refractivity contribution >= 4 is 15.9 Å². The third-order valence-corrected chi connectivity index (χ3v) is 8.54. The summed E-state index contributed by atoms with van der Waals surface area (Å²) in [6.07, 6.45) is 0.891. The Morgan fingerprint density at radius 1 is 0.436 bits per heavy atom. The Labute approximate surface area is 238 Å². The van der Waals surface area contributed by atoms with Gasteiger partial charge < -0.3 is 0 Å². The molecule has 186 valence electrons. The highest BCUT2D eigenvalue weighted by molar-refractivity contribution is 9.10. The van der Waals surface area contributed by atoms with Crippen molar-refractivity contribution in [3.05, 3.63) is 190 Å². The lowest BCUT2D eigenvalue weighted by atomic mass is 9.67. The van der Waals surface area contributed by atoms with Gasteiger partial charge in [-0.3, -0.25) is 0 Å². The van der Waals surface area contributed by atoms with Crippen molar-refractivity contribution in [3.8, 4) is 22.3 Å². The molecule has 0 radical (unpaired) electrons. The predicted molar refractivity (Wildman–Crippen MR) is 166 cm³/mol. The summed E-state index contributed by atoms with van der Waals surface area (Å²) >= 11 is 3.60. The maximum absolute atomic E-state index is 3.60. The Balaban J connectivity index is 1.35. The van der Waals surface area contributed by atoms with E-state index in [9.17, 15) is 0 Å². The molecule has 7 rings (SSSR count). The van der Waals surface area contributed by atoms with Crippen LogP contribution in [0.5, 0.6) is 0 Å². The molecule has 0 aliphatic heterocycles. The number of rotatable bonds is 5. The molecular weight excluding hydrogens is 536 g/mol. The van der Waals surface area contributed by atoms with Crippen molar-refractivity contribution in [2.24, 2.45) is 0 Å². The summed E-state index contributed by atoms with van der Waals surface area (Å²) in [4.78, 5) is 0. The first-order valence-electron chi connectivity index (χ1n) is 13.4. The molecular formula is C38H27Br. The van der Waals surface area contributed by atoms with Crippen molar-refractivity contribution in [1.29, 1.82) is 0 Å². The summed E-state index contributed by atoms with van der Waals surface area (Å²) in [5.41, 5.74) is 12.7. The lowest BCUT2D eigenvalue weighted by Gasteiger charge is -2.34. The number of fused-ring (bicyclic) bond motifs is 3. The largest absolute Gasteiger partial charge is 0.0713 e. The van der Waals surface area contributed by atoms with E-state index in [4.69, 9.17) is 0 Å². The highest BCUT2D eigenvalue weighted by Crippen LogP contribution is 2.56. The van der Waals surface area contributed by atoms with E-state index in [1.807, 2.05) is 0 Å². The van der Waals surface area contributed by atoms with Crippen molar-refractivity contribution < 1.29 is 0 Å². The van der Waals surface area contributed by atoms with Gasteiger partial charge in [0.15, 0.2) is 0 Å². The highest BCUT2D eigenvalue weighted by atomic mass is 79.9. The van der Waals surface area contributed by atoms with Crippen LogP contribution >= 0.6 is 15.9 Å². The van der Waals surface area contributed by atoms with Crippen molar-refractivity contribution in [1.82, 2.24) is 0 Å². The summed E-state index contributed by atoms with van der Waals surface area (Å²) in [5, 5.41) is 0. The van der Waals surface area contributed by atoms with Gasteiger partial charge in [0, 0.05) is 4.47 Å². The smallest absolute Gasteiger partial charge is 0.0622 e. The molecule has 1 aliphatic rings. The summed E-state index contributed by atoms with van der Waals surface area (Å²) in [6.45, 7) is 0. The number of benzene rings is 6. The summed E-state index contributed by atoms with van der Waals surface area (Å²) in [7, 11) is 0. The topological polar surface area (TPSA) is 0 Å². The number of halogens is 1. The average Bonchev–Trinajstić information content (AvgIpc) is 3.29. The van der Waals surface area contributed by atoms with Gasteiger partial charge in [-0.1, -0.05) is 155 Å². The first-order chi connectivity index (χ1) is 19.2. The van der Waals surface area contributed by atoms with Gasteiger partial charge in [0.25, 0.3) is 0 Å². The molecule has 0 fully saturated rings. The van der Waals surface area contributed by atoms with Gasteiger partial charge in [-0.25, -0.2) is 0 Å². The van der Waals surface area contributed by atoms with E-state index in [2.05, 4.69) is 168 Å². The normalized spacial score (nSPS) is 13.1. The maximum Gasteiger partial charge on any atom is 0.0713 e. The van der Waals surface area contributed by atoms with Crippen LogP contribution in [0.15, 0.2) is 156 Å². The van der Waals surface area contributed by atoms with Crippen LogP contribution in [0.3, 0.4) is 0 Å². The lowest BCUT2D eigenvalue weighted by molar-refractivity contribution is 0.767. The number of hydrogen-bond donors (Lipinski definition) is 0. The predicted octanol–water partition coefficient (Wildman–Crippen LogP) is 10.1. The zero-order valence-electron chi connectivity index (χ0n) is 21.5. The first-order valence-corrected chi connectivity index (χ1v) is 14.2. The zero-order valence-corrected chi connectivity index (χ0v) is 23.1. The van der Waals surface area contributed by atoms with E-state index in [1.165, 1.54) is 55.6 Å². The minimum Gasteiger partial charge on any atom is -0.0622 e. The van der Waals surface area contributed by atoms with Gasteiger partial charge in [-0.2, -0.15) is 0 Å². The van der Waals surface area contributed by atoms with Gasteiger partial charge in [0.1, 0.15) is 0 Å². The average molecular weight is 564 g/mol. The lowest BCUT2D eigenvalue weighted by Crippen LogP contribution is -2.28. The van der Waals surface area contributed by atoms with Gasteiger partial charge in [-0.05, 0) is 74.2 Å². The van der Waals surface area contributed by atoms with E-state index < -0.39 is 0 Å². The molecule has 0 atom stereocenters. The van der Waals surface area contributed by atoms with E-state index in [0.29, 0.717) is 0 Å². The van der Waals surface area contributed by atoms with Crippen molar-refractivity contribution in [3.63, 3.8) is 0 Å². The van der Waals surface area contributed by atoms with Crippen LogP contribution in [-0.4, -0.2) is 0 Å². The fourth-order valence-electron chi connectivity index (χ4n) is 6.32. The molecule has 39 heavy (non-hydrogen) atoms. The standard InChI is InChI=1S/C38H27Br/c39-33-15-9-10-30(26-33)29-21-18-27(19-22-29)24-28-20-23-35-34-16-7-8-17-36(34)38(37(35)25-28,31-11-3-1-4-12-31)32-13-5-2-6-14-32/h1-23,25-26H,24H2. The second-order valence-electron chi connectivity index (χ2n) is 10.3. The molecule has 0 bridgehead atoms. The Morgan fingerprint density at radius 2 is 1.05 bits per heavy atom. The summed E-state index contributed by atoms with van der Waals surface area (Å²) in [5.74, 6) is 0. The number of hydrogen-bond acceptors (Lipinski definition) is 0. The van der Waals surface area contributed by atoms with Gasteiger partial charge >= 0.3 is 0 Å². The Morgan fingerprint density at radius 3 is 1.74 bits per heavy atom. The minimum absolute atomic E-state index is 0.352. The van der Waals surface area contributed by atoms with Gasteiger partial charge in [0.05, 0.1) is 5.41 Å². The van der Waals surface area contributed by atoms with Crippen LogP contribution in [0.4, 0.5) is 0 Å². The monoisotopic (exact) mass is 562 g/mol. The van der Waals surface area contributed by atoms with E-state index in [1.54, 1.807) is 0 Å². The maximum atomic E-state index is 3.60.